The fraction of sp³-hybridized carbons (Fsp3) is 0.391. The first-order valence-electron chi connectivity index (χ1n) is 10.2. The van der Waals surface area contributed by atoms with E-state index in [9.17, 15) is 4.79 Å². The van der Waals surface area contributed by atoms with Crippen molar-refractivity contribution < 1.29 is 18.7 Å². The summed E-state index contributed by atoms with van der Waals surface area (Å²) in [6.45, 7) is 6.72. The summed E-state index contributed by atoms with van der Waals surface area (Å²) in [6, 6.07) is 8.98. The van der Waals surface area contributed by atoms with Crippen LogP contribution in [0.1, 0.15) is 48.7 Å². The second-order valence-electron chi connectivity index (χ2n) is 7.69. The van der Waals surface area contributed by atoms with Gasteiger partial charge in [-0.1, -0.05) is 31.7 Å². The first kappa shape index (κ1) is 22.8. The Balaban J connectivity index is 1.60. The Morgan fingerprint density at radius 2 is 2.03 bits per heavy atom. The van der Waals surface area contributed by atoms with Gasteiger partial charge >= 0.3 is 0 Å². The molecule has 1 N–H and O–H groups in total. The largest absolute Gasteiger partial charge is 0.493 e. The van der Waals surface area contributed by atoms with Gasteiger partial charge in [0.2, 0.25) is 0 Å². The summed E-state index contributed by atoms with van der Waals surface area (Å²) in [5.41, 5.74) is 0.916. The van der Waals surface area contributed by atoms with Crippen molar-refractivity contribution in [3.8, 4) is 11.5 Å². The van der Waals surface area contributed by atoms with Crippen LogP contribution in [0.2, 0.25) is 0 Å². The zero-order chi connectivity index (χ0) is 22.4. The highest BCUT2D eigenvalue weighted by atomic mass is 32.2. The highest BCUT2D eigenvalue weighted by molar-refractivity contribution is 7.98. The summed E-state index contributed by atoms with van der Waals surface area (Å²) in [6.07, 6.45) is 3.64. The van der Waals surface area contributed by atoms with E-state index in [0.29, 0.717) is 29.8 Å². The molecule has 1 unspecified atom stereocenters. The van der Waals surface area contributed by atoms with E-state index in [0.717, 1.165) is 16.5 Å². The zero-order valence-corrected chi connectivity index (χ0v) is 19.4. The lowest BCUT2D eigenvalue weighted by Gasteiger charge is -2.17. The van der Waals surface area contributed by atoms with Crippen LogP contribution in [0, 0.1) is 5.92 Å². The van der Waals surface area contributed by atoms with Crippen LogP contribution >= 0.6 is 11.8 Å². The first-order valence-corrected chi connectivity index (χ1v) is 11.2. The molecule has 31 heavy (non-hydrogen) atoms. The van der Waals surface area contributed by atoms with E-state index in [1.54, 1.807) is 31.1 Å². The van der Waals surface area contributed by atoms with Crippen molar-refractivity contribution in [1.29, 1.82) is 0 Å². The van der Waals surface area contributed by atoms with Crippen molar-refractivity contribution in [1.82, 2.24) is 14.9 Å². The minimum Gasteiger partial charge on any atom is -0.493 e. The molecular formula is C23H29N3O4S. The number of thioether (sulfide) groups is 1. The van der Waals surface area contributed by atoms with E-state index in [2.05, 4.69) is 24.1 Å². The van der Waals surface area contributed by atoms with Crippen molar-refractivity contribution in [2.75, 3.05) is 13.7 Å². The van der Waals surface area contributed by atoms with Crippen LogP contribution in [-0.2, 0) is 12.8 Å². The third-order valence-electron chi connectivity index (χ3n) is 4.61. The van der Waals surface area contributed by atoms with Gasteiger partial charge in [-0.05, 0) is 42.7 Å². The summed E-state index contributed by atoms with van der Waals surface area (Å²) in [7, 11) is 3.55. The summed E-state index contributed by atoms with van der Waals surface area (Å²) in [4.78, 5) is 16.9. The Morgan fingerprint density at radius 3 is 2.71 bits per heavy atom. The van der Waals surface area contributed by atoms with Gasteiger partial charge in [0.1, 0.15) is 5.76 Å². The number of benzene rings is 1. The lowest BCUT2D eigenvalue weighted by molar-refractivity contribution is 0.0910. The lowest BCUT2D eigenvalue weighted by atomic mass is 10.1. The zero-order valence-electron chi connectivity index (χ0n) is 18.5. The van der Waals surface area contributed by atoms with Crippen molar-refractivity contribution in [2.24, 2.45) is 13.0 Å². The standard InChI is InChI=1S/C23H29N3O4S/c1-15(2)13-29-19-8-6-17(12-21(19)28-5)16(3)25-22(27)20-9-7-18(30-20)14-31-23-24-10-11-26(23)4/h6-12,15-16H,13-14H2,1-5H3,(H,25,27). The maximum absolute atomic E-state index is 12.6. The molecule has 0 aliphatic heterocycles. The Bertz CT molecular complexity index is 1010. The molecule has 0 saturated heterocycles. The molecule has 0 radical (unpaired) electrons. The van der Waals surface area contributed by atoms with Crippen molar-refractivity contribution in [3.05, 3.63) is 59.8 Å². The first-order chi connectivity index (χ1) is 14.9. The molecule has 1 amide bonds. The summed E-state index contributed by atoms with van der Waals surface area (Å²) in [5, 5.41) is 3.87. The van der Waals surface area contributed by atoms with Gasteiger partial charge in [0, 0.05) is 19.4 Å². The number of aryl methyl sites for hydroxylation is 1. The maximum atomic E-state index is 12.6. The topological polar surface area (TPSA) is 78.5 Å². The number of carbonyl (C=O) groups excluding carboxylic acids is 1. The predicted octanol–water partition coefficient (Wildman–Crippen LogP) is 4.84. The summed E-state index contributed by atoms with van der Waals surface area (Å²) < 4.78 is 18.9. The molecular weight excluding hydrogens is 414 g/mol. The fourth-order valence-electron chi connectivity index (χ4n) is 2.88. The highest BCUT2D eigenvalue weighted by Crippen LogP contribution is 2.31. The number of hydrogen-bond acceptors (Lipinski definition) is 6. The third-order valence-corrected chi connectivity index (χ3v) is 5.69. The van der Waals surface area contributed by atoms with Crippen LogP contribution in [-0.4, -0.2) is 29.2 Å². The van der Waals surface area contributed by atoms with Gasteiger partial charge < -0.3 is 23.8 Å². The molecule has 3 rings (SSSR count). The van der Waals surface area contributed by atoms with Crippen LogP contribution < -0.4 is 14.8 Å². The van der Waals surface area contributed by atoms with Crippen LogP contribution in [0.3, 0.4) is 0 Å². The molecule has 0 bridgehead atoms. The minimum absolute atomic E-state index is 0.226. The lowest BCUT2D eigenvalue weighted by Crippen LogP contribution is -2.26. The second kappa shape index (κ2) is 10.4. The molecule has 3 aromatic rings. The second-order valence-corrected chi connectivity index (χ2v) is 8.63. The van der Waals surface area contributed by atoms with Gasteiger partial charge in [-0.15, -0.1) is 0 Å². The number of furan rings is 1. The van der Waals surface area contributed by atoms with Crippen LogP contribution in [0.4, 0.5) is 0 Å². The molecule has 166 valence electrons. The van der Waals surface area contributed by atoms with Crippen LogP contribution in [0.5, 0.6) is 11.5 Å². The number of nitrogens with one attached hydrogen (secondary N) is 1. The van der Waals surface area contributed by atoms with Crippen molar-refractivity contribution in [2.45, 2.75) is 37.7 Å². The Morgan fingerprint density at radius 1 is 1.23 bits per heavy atom. The van der Waals surface area contributed by atoms with Gasteiger partial charge in [0.15, 0.2) is 22.4 Å². The van der Waals surface area contributed by atoms with Crippen LogP contribution in [0.25, 0.3) is 0 Å². The number of methoxy groups -OCH3 is 1. The monoisotopic (exact) mass is 443 g/mol. The number of nitrogens with zero attached hydrogens (tertiary/aromatic N) is 2. The van der Waals surface area contributed by atoms with Crippen molar-refractivity contribution >= 4 is 17.7 Å². The molecule has 0 saturated carbocycles. The molecule has 2 heterocycles. The SMILES string of the molecule is COc1cc(C(C)NC(=O)c2ccc(CSc3nccn3C)o2)ccc1OCC(C)C. The van der Waals surface area contributed by atoms with E-state index < -0.39 is 0 Å². The normalized spacial score (nSPS) is 12.1. The Kier molecular flexibility index (Phi) is 7.68. The molecule has 1 aromatic carbocycles. The number of carbonyl (C=O) groups is 1. The molecule has 0 spiro atoms. The number of ether oxygens (including phenoxy) is 2. The van der Waals surface area contributed by atoms with Crippen LogP contribution in [0.15, 0.2) is 52.3 Å². The van der Waals surface area contributed by atoms with Gasteiger partial charge in [-0.3, -0.25) is 4.79 Å². The number of rotatable bonds is 10. The summed E-state index contributed by atoms with van der Waals surface area (Å²) in [5.74, 6) is 3.10. The molecule has 0 aliphatic rings. The maximum Gasteiger partial charge on any atom is 0.287 e. The fourth-order valence-corrected chi connectivity index (χ4v) is 3.71. The molecule has 0 fully saturated rings. The van der Waals surface area contributed by atoms with E-state index >= 15 is 0 Å². The van der Waals surface area contributed by atoms with E-state index in [-0.39, 0.29) is 17.7 Å². The van der Waals surface area contributed by atoms with Gasteiger partial charge in [0.05, 0.1) is 25.5 Å². The molecule has 1 atom stereocenters. The number of imidazole rings is 1. The Hall–Kier alpha value is -2.87. The quantitative estimate of drug-likeness (QED) is 0.452. The number of hydrogen-bond donors (Lipinski definition) is 1. The smallest absolute Gasteiger partial charge is 0.287 e. The predicted molar refractivity (Wildman–Crippen MR) is 121 cm³/mol. The number of aromatic nitrogens is 2. The summed E-state index contributed by atoms with van der Waals surface area (Å²) >= 11 is 1.55. The molecule has 8 heteroatoms. The van der Waals surface area contributed by atoms with Crippen molar-refractivity contribution in [3.63, 3.8) is 0 Å². The average Bonchev–Trinajstić information content (AvgIpc) is 3.39. The van der Waals surface area contributed by atoms with E-state index in [4.69, 9.17) is 13.9 Å². The van der Waals surface area contributed by atoms with Gasteiger partial charge in [-0.25, -0.2) is 4.98 Å². The average molecular weight is 444 g/mol. The highest BCUT2D eigenvalue weighted by Gasteiger charge is 2.17. The van der Waals surface area contributed by atoms with E-state index in [1.165, 1.54) is 0 Å². The molecule has 2 aromatic heterocycles. The van der Waals surface area contributed by atoms with Gasteiger partial charge in [-0.2, -0.15) is 0 Å². The molecule has 7 nitrogen and oxygen atoms in total. The number of amides is 1. The third kappa shape index (κ3) is 6.07. The Labute approximate surface area is 187 Å². The minimum atomic E-state index is -0.264. The molecule has 0 aliphatic carbocycles. The van der Waals surface area contributed by atoms with Gasteiger partial charge in [0.25, 0.3) is 5.91 Å². The van der Waals surface area contributed by atoms with E-state index in [1.807, 2.05) is 49.0 Å².